The van der Waals surface area contributed by atoms with Gasteiger partial charge < -0.3 is 10.9 Å². The van der Waals surface area contributed by atoms with Crippen LogP contribution in [0.25, 0.3) is 0 Å². The second-order valence-electron chi connectivity index (χ2n) is 12.7. The number of nitrogens with two attached hydrogens (primary N) is 1. The molecule has 4 fully saturated rings. The first-order valence-corrected chi connectivity index (χ1v) is 13.1. The second kappa shape index (κ2) is 8.41. The fourth-order valence-electron chi connectivity index (χ4n) is 9.17. The molecule has 3 heteroatoms. The number of hydrogen-bond acceptors (Lipinski definition) is 3. The van der Waals surface area contributed by atoms with E-state index in [1.807, 2.05) is 0 Å². The Kier molecular flexibility index (Phi) is 6.34. The van der Waals surface area contributed by atoms with Gasteiger partial charge in [-0.3, -0.25) is 0 Å². The summed E-state index contributed by atoms with van der Waals surface area (Å²) in [5.41, 5.74) is 2.00. The molecule has 1 unspecified atom stereocenters. The molecule has 0 saturated heterocycles. The second-order valence-corrected chi connectivity index (χ2v) is 12.7. The number of aliphatic hydroxyl groups excluding tert-OH is 1. The fourth-order valence-corrected chi connectivity index (χ4v) is 9.17. The fraction of sp³-hybridized carbons (Fsp3) is 0.963. The molecule has 4 aliphatic carbocycles. The van der Waals surface area contributed by atoms with E-state index in [1.165, 1.54) is 57.1 Å². The highest BCUT2D eigenvalue weighted by Gasteiger charge is 2.62. The van der Waals surface area contributed by atoms with Gasteiger partial charge in [-0.25, -0.2) is 0 Å². The van der Waals surface area contributed by atoms with E-state index >= 15 is 0 Å². The summed E-state index contributed by atoms with van der Waals surface area (Å²) in [6.45, 7) is 12.4. The quantitative estimate of drug-likeness (QED) is 0.403. The Morgan fingerprint density at radius 2 is 1.77 bits per heavy atom. The summed E-state index contributed by atoms with van der Waals surface area (Å²) in [7, 11) is 0. The van der Waals surface area contributed by atoms with Gasteiger partial charge in [-0.15, -0.1) is 0 Å². The van der Waals surface area contributed by atoms with Crippen LogP contribution in [0.5, 0.6) is 0 Å². The third-order valence-corrected chi connectivity index (χ3v) is 10.9. The summed E-state index contributed by atoms with van der Waals surface area (Å²) in [6.07, 6.45) is 13.8. The molecule has 0 aromatic carbocycles. The molecule has 172 valence electrons. The Bertz CT molecular complexity index is 645. The van der Waals surface area contributed by atoms with Gasteiger partial charge in [-0.1, -0.05) is 53.9 Å². The Hall–Kier alpha value is -0.570. The average molecular weight is 417 g/mol. The molecule has 30 heavy (non-hydrogen) atoms. The molecule has 3 N–H and O–H groups in total. The first-order valence-electron chi connectivity index (χ1n) is 13.1. The average Bonchev–Trinajstić information content (AvgIpc) is 3.05. The van der Waals surface area contributed by atoms with Crippen molar-refractivity contribution in [3.05, 3.63) is 0 Å². The molecule has 0 aromatic rings. The van der Waals surface area contributed by atoms with E-state index in [0.717, 1.165) is 42.9 Å². The highest BCUT2D eigenvalue weighted by Crippen LogP contribution is 2.68. The predicted molar refractivity (Wildman–Crippen MR) is 126 cm³/mol. The standard InChI is InChI=1S/C27H48N2O/c1-17(2)7-6-8-18(3)21-9-10-22-25-23(12-14-27(21,22)5)26(4)13-11-20(29-28)15-19(26)16-24(25)30/h17-19,21-25,30H,6-16,28H2,1-5H3/b29-20+/t18-,19?,21-,22+,23+,24+,25+,26+,27-/m1/s1. The van der Waals surface area contributed by atoms with E-state index in [9.17, 15) is 5.11 Å². The largest absolute Gasteiger partial charge is 0.393 e. The maximum absolute atomic E-state index is 11.4. The van der Waals surface area contributed by atoms with Crippen LogP contribution in [0.15, 0.2) is 5.10 Å². The van der Waals surface area contributed by atoms with Crippen LogP contribution in [0, 0.1) is 52.3 Å². The maximum atomic E-state index is 11.4. The summed E-state index contributed by atoms with van der Waals surface area (Å²) >= 11 is 0. The van der Waals surface area contributed by atoms with Crippen LogP contribution >= 0.6 is 0 Å². The Balaban J connectivity index is 1.51. The number of hydrogen-bond donors (Lipinski definition) is 2. The van der Waals surface area contributed by atoms with Crippen molar-refractivity contribution in [2.75, 3.05) is 0 Å². The third-order valence-electron chi connectivity index (χ3n) is 10.9. The number of rotatable bonds is 5. The Morgan fingerprint density at radius 3 is 2.47 bits per heavy atom. The molecule has 0 radical (unpaired) electrons. The van der Waals surface area contributed by atoms with Crippen LogP contribution in [-0.2, 0) is 0 Å². The monoisotopic (exact) mass is 416 g/mol. The van der Waals surface area contributed by atoms with E-state index in [1.54, 1.807) is 0 Å². The van der Waals surface area contributed by atoms with Crippen molar-refractivity contribution < 1.29 is 5.11 Å². The molecule has 0 amide bonds. The van der Waals surface area contributed by atoms with Crippen molar-refractivity contribution in [3.8, 4) is 0 Å². The van der Waals surface area contributed by atoms with E-state index < -0.39 is 0 Å². The van der Waals surface area contributed by atoms with Crippen LogP contribution < -0.4 is 5.84 Å². The molecule has 4 rings (SSSR count). The summed E-state index contributed by atoms with van der Waals surface area (Å²) in [4.78, 5) is 0. The number of aliphatic hydroxyl groups is 1. The minimum Gasteiger partial charge on any atom is -0.393 e. The van der Waals surface area contributed by atoms with Crippen LogP contribution in [0.3, 0.4) is 0 Å². The van der Waals surface area contributed by atoms with Crippen molar-refractivity contribution in [1.29, 1.82) is 0 Å². The molecule has 3 nitrogen and oxygen atoms in total. The van der Waals surface area contributed by atoms with E-state index in [4.69, 9.17) is 5.84 Å². The van der Waals surface area contributed by atoms with Gasteiger partial charge in [0.1, 0.15) is 0 Å². The smallest absolute Gasteiger partial charge is 0.0577 e. The number of hydrazone groups is 1. The van der Waals surface area contributed by atoms with E-state index in [-0.39, 0.29) is 6.10 Å². The molecule has 0 spiro atoms. The highest BCUT2D eigenvalue weighted by atomic mass is 16.3. The molecule has 4 aliphatic rings. The SMILES string of the molecule is CC(C)CCC[C@@H](C)[C@H]1CC[C@H]2[C@@H]3[C@@H](O)CC4C/C(=N/N)CC[C@]4(C)[C@H]3CC[C@]12C. The van der Waals surface area contributed by atoms with Gasteiger partial charge in [0.2, 0.25) is 0 Å². The minimum atomic E-state index is -0.121. The number of nitrogens with zero attached hydrogens (tertiary/aromatic N) is 1. The van der Waals surface area contributed by atoms with Gasteiger partial charge in [-0.05, 0) is 104 Å². The topological polar surface area (TPSA) is 58.6 Å². The van der Waals surface area contributed by atoms with Crippen molar-refractivity contribution >= 4 is 5.71 Å². The molecule has 0 bridgehead atoms. The minimum absolute atomic E-state index is 0.121. The third kappa shape index (κ3) is 3.65. The first kappa shape index (κ1) is 22.6. The first-order chi connectivity index (χ1) is 14.2. The molecule has 0 aromatic heterocycles. The van der Waals surface area contributed by atoms with Gasteiger partial charge >= 0.3 is 0 Å². The van der Waals surface area contributed by atoms with Crippen LogP contribution in [-0.4, -0.2) is 16.9 Å². The van der Waals surface area contributed by atoms with Gasteiger partial charge in [0.15, 0.2) is 0 Å². The normalized spacial score (nSPS) is 48.3. The Labute approximate surface area is 185 Å². The van der Waals surface area contributed by atoms with Crippen molar-refractivity contribution in [2.45, 2.75) is 111 Å². The molecular weight excluding hydrogens is 368 g/mol. The highest BCUT2D eigenvalue weighted by molar-refractivity contribution is 5.85. The van der Waals surface area contributed by atoms with Gasteiger partial charge in [0, 0.05) is 5.71 Å². The molecule has 4 saturated carbocycles. The van der Waals surface area contributed by atoms with Crippen LogP contribution in [0.1, 0.15) is 105 Å². The Morgan fingerprint density at radius 1 is 1.03 bits per heavy atom. The lowest BCUT2D eigenvalue weighted by Gasteiger charge is -2.62. The van der Waals surface area contributed by atoms with Crippen molar-refractivity contribution in [2.24, 2.45) is 63.2 Å². The van der Waals surface area contributed by atoms with Crippen LogP contribution in [0.2, 0.25) is 0 Å². The zero-order valence-electron chi connectivity index (χ0n) is 20.4. The van der Waals surface area contributed by atoms with Gasteiger partial charge in [0.05, 0.1) is 6.10 Å². The summed E-state index contributed by atoms with van der Waals surface area (Å²) in [5.74, 6) is 10.7. The number of fused-ring (bicyclic) bond motifs is 5. The summed E-state index contributed by atoms with van der Waals surface area (Å²) in [6, 6.07) is 0. The molecule has 0 aliphatic heterocycles. The maximum Gasteiger partial charge on any atom is 0.0577 e. The van der Waals surface area contributed by atoms with Gasteiger partial charge in [-0.2, -0.15) is 5.10 Å². The lowest BCUT2D eigenvalue weighted by atomic mass is 9.43. The summed E-state index contributed by atoms with van der Waals surface area (Å²) in [5, 5.41) is 15.5. The van der Waals surface area contributed by atoms with E-state index in [0.29, 0.717) is 28.6 Å². The summed E-state index contributed by atoms with van der Waals surface area (Å²) < 4.78 is 0. The molecular formula is C27H48N2O. The molecule has 0 heterocycles. The van der Waals surface area contributed by atoms with E-state index in [2.05, 4.69) is 39.7 Å². The van der Waals surface area contributed by atoms with Crippen molar-refractivity contribution in [3.63, 3.8) is 0 Å². The molecule has 9 atom stereocenters. The van der Waals surface area contributed by atoms with Crippen LogP contribution in [0.4, 0.5) is 0 Å². The van der Waals surface area contributed by atoms with Gasteiger partial charge in [0.25, 0.3) is 0 Å². The zero-order valence-corrected chi connectivity index (χ0v) is 20.4. The predicted octanol–water partition coefficient (Wildman–Crippen LogP) is 6.39. The zero-order chi connectivity index (χ0) is 21.7. The lowest BCUT2D eigenvalue weighted by molar-refractivity contribution is -0.157. The van der Waals surface area contributed by atoms with Crippen molar-refractivity contribution in [1.82, 2.24) is 0 Å². The lowest BCUT2D eigenvalue weighted by Crippen LogP contribution is -2.58.